The van der Waals surface area contributed by atoms with E-state index in [1.165, 1.54) is 23.9 Å². The average molecular weight is 414 g/mol. The first-order chi connectivity index (χ1) is 12.7. The highest BCUT2D eigenvalue weighted by Crippen LogP contribution is 2.36. The summed E-state index contributed by atoms with van der Waals surface area (Å²) in [6, 6.07) is 6.00. The lowest BCUT2D eigenvalue weighted by molar-refractivity contribution is 0.102. The van der Waals surface area contributed by atoms with Crippen LogP contribution in [-0.2, 0) is 5.54 Å². The summed E-state index contributed by atoms with van der Waals surface area (Å²) in [5, 5.41) is 1.94. The Labute approximate surface area is 163 Å². The maximum absolute atomic E-state index is 14.2. The highest BCUT2D eigenvalue weighted by Gasteiger charge is 2.30. The van der Waals surface area contributed by atoms with Gasteiger partial charge in [0, 0.05) is 5.75 Å². The number of rotatable bonds is 3. The molecule has 0 aromatic heterocycles. The maximum atomic E-state index is 14.2. The van der Waals surface area contributed by atoms with Crippen LogP contribution in [-0.4, -0.2) is 16.8 Å². The van der Waals surface area contributed by atoms with Crippen molar-refractivity contribution in [3.05, 3.63) is 63.9 Å². The fourth-order valence-electron chi connectivity index (χ4n) is 2.74. The Morgan fingerprint density at radius 1 is 1.26 bits per heavy atom. The Balaban J connectivity index is 1.93. The molecule has 2 aromatic rings. The predicted molar refractivity (Wildman–Crippen MR) is 102 cm³/mol. The Morgan fingerprint density at radius 2 is 1.96 bits per heavy atom. The number of amides is 1. The van der Waals surface area contributed by atoms with Crippen LogP contribution in [0.15, 0.2) is 35.3 Å². The second kappa shape index (κ2) is 7.44. The minimum Gasteiger partial charge on any atom is -0.379 e. The van der Waals surface area contributed by atoms with Crippen LogP contribution in [0.25, 0.3) is 0 Å². The summed E-state index contributed by atoms with van der Waals surface area (Å²) in [4.78, 5) is 16.8. The number of aliphatic imine (C=N–C) groups is 1. The molecule has 0 bridgehead atoms. The van der Waals surface area contributed by atoms with E-state index in [9.17, 15) is 18.0 Å². The molecule has 1 aliphatic heterocycles. The molecular formula is C18H15ClF3N3OS. The lowest BCUT2D eigenvalue weighted by atomic mass is 9.89. The van der Waals surface area contributed by atoms with Crippen molar-refractivity contribution < 1.29 is 18.0 Å². The van der Waals surface area contributed by atoms with Crippen molar-refractivity contribution in [1.82, 2.24) is 0 Å². The molecular weight excluding hydrogens is 399 g/mol. The summed E-state index contributed by atoms with van der Waals surface area (Å²) in [6.45, 7) is 1.86. The quantitative estimate of drug-likeness (QED) is 0.718. The van der Waals surface area contributed by atoms with Crippen LogP contribution < -0.4 is 11.1 Å². The Hall–Kier alpha value is -2.19. The SMILES string of the molecule is CC1(c2ccc(F)c(NC(=O)c3ccc(F)c(Cl)c3F)c2)CCSC(N)=N1. The van der Waals surface area contributed by atoms with Gasteiger partial charge in [0.05, 0.1) is 16.8 Å². The molecule has 1 unspecified atom stereocenters. The second-order valence-electron chi connectivity index (χ2n) is 6.19. The first-order valence-corrected chi connectivity index (χ1v) is 9.30. The van der Waals surface area contributed by atoms with E-state index in [1.807, 2.05) is 6.92 Å². The zero-order valence-corrected chi connectivity index (χ0v) is 15.7. The molecule has 0 aliphatic carbocycles. The van der Waals surface area contributed by atoms with Crippen molar-refractivity contribution in [2.75, 3.05) is 11.1 Å². The second-order valence-corrected chi connectivity index (χ2v) is 7.69. The fourth-order valence-corrected chi connectivity index (χ4v) is 3.88. The van der Waals surface area contributed by atoms with Gasteiger partial charge >= 0.3 is 0 Å². The van der Waals surface area contributed by atoms with Gasteiger partial charge in [0.2, 0.25) is 0 Å². The smallest absolute Gasteiger partial charge is 0.258 e. The summed E-state index contributed by atoms with van der Waals surface area (Å²) < 4.78 is 41.5. The molecule has 9 heteroatoms. The zero-order chi connectivity index (χ0) is 19.8. The molecule has 4 nitrogen and oxygen atoms in total. The number of carbonyl (C=O) groups excluding carboxylic acids is 1. The Bertz CT molecular complexity index is 954. The number of hydrogen-bond acceptors (Lipinski definition) is 4. The average Bonchev–Trinajstić information content (AvgIpc) is 2.61. The largest absolute Gasteiger partial charge is 0.379 e. The summed E-state index contributed by atoms with van der Waals surface area (Å²) in [6.07, 6.45) is 0.680. The number of hydrogen-bond donors (Lipinski definition) is 2. The Morgan fingerprint density at radius 3 is 2.67 bits per heavy atom. The number of thioether (sulfide) groups is 1. The Kier molecular flexibility index (Phi) is 5.39. The zero-order valence-electron chi connectivity index (χ0n) is 14.2. The van der Waals surface area contributed by atoms with Gasteiger partial charge in [-0.25, -0.2) is 13.2 Å². The molecule has 3 N–H and O–H groups in total. The van der Waals surface area contributed by atoms with E-state index < -0.39 is 39.5 Å². The molecule has 2 aromatic carbocycles. The highest BCUT2D eigenvalue weighted by atomic mass is 35.5. The monoisotopic (exact) mass is 413 g/mol. The molecule has 0 fully saturated rings. The van der Waals surface area contributed by atoms with Crippen LogP contribution >= 0.6 is 23.4 Å². The van der Waals surface area contributed by atoms with E-state index in [0.717, 1.165) is 17.9 Å². The minimum atomic E-state index is -1.21. The lowest BCUT2D eigenvalue weighted by Crippen LogP contribution is -2.29. The number of anilines is 1. The van der Waals surface area contributed by atoms with Gasteiger partial charge in [0.15, 0.2) is 11.0 Å². The molecule has 1 atom stereocenters. The molecule has 142 valence electrons. The molecule has 0 saturated heterocycles. The number of nitrogens with zero attached hydrogens (tertiary/aromatic N) is 1. The van der Waals surface area contributed by atoms with Crippen molar-refractivity contribution in [3.8, 4) is 0 Å². The normalized spacial score (nSPS) is 19.5. The van der Waals surface area contributed by atoms with Gasteiger partial charge in [-0.1, -0.05) is 29.4 Å². The van der Waals surface area contributed by atoms with E-state index in [0.29, 0.717) is 17.2 Å². The van der Waals surface area contributed by atoms with Crippen LogP contribution in [0.2, 0.25) is 5.02 Å². The van der Waals surface area contributed by atoms with Crippen LogP contribution in [0.4, 0.5) is 18.9 Å². The topological polar surface area (TPSA) is 67.5 Å². The van der Waals surface area contributed by atoms with Crippen LogP contribution in [0.1, 0.15) is 29.3 Å². The van der Waals surface area contributed by atoms with Gasteiger partial charge < -0.3 is 11.1 Å². The van der Waals surface area contributed by atoms with Gasteiger partial charge in [-0.3, -0.25) is 9.79 Å². The predicted octanol–water partition coefficient (Wildman–Crippen LogP) is 4.68. The van der Waals surface area contributed by atoms with E-state index in [-0.39, 0.29) is 5.69 Å². The van der Waals surface area contributed by atoms with Crippen molar-refractivity contribution in [2.24, 2.45) is 10.7 Å². The van der Waals surface area contributed by atoms with Gasteiger partial charge in [0.25, 0.3) is 5.91 Å². The van der Waals surface area contributed by atoms with Crippen LogP contribution in [0, 0.1) is 17.5 Å². The number of benzene rings is 2. The summed E-state index contributed by atoms with van der Waals surface area (Å²) >= 11 is 6.92. The van der Waals surface area contributed by atoms with Gasteiger partial charge in [-0.15, -0.1) is 0 Å². The summed E-state index contributed by atoms with van der Waals surface area (Å²) in [5.41, 5.74) is 5.15. The molecule has 27 heavy (non-hydrogen) atoms. The third-order valence-corrected chi connectivity index (χ3v) is 5.45. The van der Waals surface area contributed by atoms with Crippen LogP contribution in [0.3, 0.4) is 0 Å². The fraction of sp³-hybridized carbons (Fsp3) is 0.222. The highest BCUT2D eigenvalue weighted by molar-refractivity contribution is 8.13. The molecule has 0 radical (unpaired) electrons. The van der Waals surface area contributed by atoms with E-state index in [2.05, 4.69) is 10.3 Å². The standard InChI is InChI=1S/C18H15ClF3N3OS/c1-18(6-7-27-17(23)25-18)9-2-4-11(20)13(8-9)24-16(26)10-3-5-12(21)14(19)15(10)22/h2-5,8H,6-7H2,1H3,(H2,23,25)(H,24,26). The third kappa shape index (κ3) is 3.91. The number of nitrogens with two attached hydrogens (primary N) is 1. The van der Waals surface area contributed by atoms with Crippen molar-refractivity contribution in [3.63, 3.8) is 0 Å². The van der Waals surface area contributed by atoms with E-state index in [1.54, 1.807) is 6.07 Å². The lowest BCUT2D eigenvalue weighted by Gasteiger charge is -2.30. The van der Waals surface area contributed by atoms with Crippen molar-refractivity contribution in [1.29, 1.82) is 0 Å². The number of nitrogens with one attached hydrogen (secondary N) is 1. The molecule has 0 spiro atoms. The number of halogens is 4. The first-order valence-electron chi connectivity index (χ1n) is 7.94. The number of carbonyl (C=O) groups is 1. The van der Waals surface area contributed by atoms with E-state index in [4.69, 9.17) is 17.3 Å². The van der Waals surface area contributed by atoms with Crippen molar-refractivity contribution >= 4 is 40.1 Å². The molecule has 1 aliphatic rings. The molecule has 1 amide bonds. The third-order valence-electron chi connectivity index (χ3n) is 4.31. The first kappa shape index (κ1) is 19.6. The van der Waals surface area contributed by atoms with Gasteiger partial charge in [-0.05, 0) is 43.2 Å². The molecule has 1 heterocycles. The van der Waals surface area contributed by atoms with Gasteiger partial charge in [-0.2, -0.15) is 0 Å². The summed E-state index contributed by atoms with van der Waals surface area (Å²) in [5.74, 6) is -3.09. The minimum absolute atomic E-state index is 0.148. The summed E-state index contributed by atoms with van der Waals surface area (Å²) in [7, 11) is 0. The molecule has 0 saturated carbocycles. The molecule has 3 rings (SSSR count). The maximum Gasteiger partial charge on any atom is 0.258 e. The number of amidine groups is 1. The van der Waals surface area contributed by atoms with Crippen LogP contribution in [0.5, 0.6) is 0 Å². The van der Waals surface area contributed by atoms with Crippen molar-refractivity contribution in [2.45, 2.75) is 18.9 Å². The van der Waals surface area contributed by atoms with Gasteiger partial charge in [0.1, 0.15) is 16.7 Å². The van der Waals surface area contributed by atoms with E-state index >= 15 is 0 Å².